The van der Waals surface area contributed by atoms with Gasteiger partial charge in [0.15, 0.2) is 0 Å². The lowest BCUT2D eigenvalue weighted by molar-refractivity contribution is -0.138. The zero-order valence-electron chi connectivity index (χ0n) is 9.97. The number of likely N-dealkylation sites (tertiary alicyclic amines) is 1. The van der Waals surface area contributed by atoms with Crippen LogP contribution in [0, 0.1) is 5.92 Å². The van der Waals surface area contributed by atoms with Crippen LogP contribution in [0.15, 0.2) is 12.1 Å². The average molecular weight is 303 g/mol. The number of nitrogens with zero attached hydrogens (tertiary/aromatic N) is 2. The molecule has 0 radical (unpaired) electrons. The summed E-state index contributed by atoms with van der Waals surface area (Å²) in [5, 5.41) is 9.19. The maximum atomic E-state index is 12.2. The quantitative estimate of drug-likeness (QED) is 0.870. The lowest BCUT2D eigenvalue weighted by atomic mass is 10.1. The third-order valence-electron chi connectivity index (χ3n) is 3.05. The van der Waals surface area contributed by atoms with E-state index >= 15 is 0 Å². The fourth-order valence-electron chi connectivity index (χ4n) is 2.15. The summed E-state index contributed by atoms with van der Waals surface area (Å²) in [6.07, 6.45) is 0.747. The lowest BCUT2D eigenvalue weighted by Gasteiger charge is -2.16. The molecule has 0 aromatic carbocycles. The SMILES string of the molecule is O=C(O)CC1CCN(C(=O)c2nc(Cl)ccc2Cl)C1. The van der Waals surface area contributed by atoms with Crippen molar-refractivity contribution in [3.63, 3.8) is 0 Å². The minimum atomic E-state index is -0.849. The normalized spacial score (nSPS) is 18.6. The molecule has 102 valence electrons. The topological polar surface area (TPSA) is 70.5 Å². The molecule has 1 N–H and O–H groups in total. The Morgan fingerprint density at radius 2 is 2.16 bits per heavy atom. The number of pyridine rings is 1. The van der Waals surface area contributed by atoms with Gasteiger partial charge in [-0.15, -0.1) is 0 Å². The number of hydrogen-bond donors (Lipinski definition) is 1. The molecule has 1 atom stereocenters. The fourth-order valence-corrected chi connectivity index (χ4v) is 2.48. The molecule has 1 aliphatic rings. The van der Waals surface area contributed by atoms with E-state index in [0.717, 1.165) is 0 Å². The molecule has 0 aliphatic carbocycles. The molecule has 0 saturated carbocycles. The van der Waals surface area contributed by atoms with Crippen LogP contribution in [0.2, 0.25) is 10.2 Å². The number of rotatable bonds is 3. The average Bonchev–Trinajstić information content (AvgIpc) is 2.79. The van der Waals surface area contributed by atoms with E-state index in [0.29, 0.717) is 19.5 Å². The van der Waals surface area contributed by atoms with Gasteiger partial charge in [0.1, 0.15) is 10.8 Å². The van der Waals surface area contributed by atoms with Crippen molar-refractivity contribution in [2.24, 2.45) is 5.92 Å². The van der Waals surface area contributed by atoms with E-state index in [4.69, 9.17) is 28.3 Å². The molecule has 0 spiro atoms. The summed E-state index contributed by atoms with van der Waals surface area (Å²) in [5.41, 5.74) is 0.116. The molecule has 1 saturated heterocycles. The molecule has 5 nitrogen and oxygen atoms in total. The van der Waals surface area contributed by atoms with Gasteiger partial charge >= 0.3 is 5.97 Å². The van der Waals surface area contributed by atoms with E-state index in [1.165, 1.54) is 12.1 Å². The first-order chi connectivity index (χ1) is 8.97. The highest BCUT2D eigenvalue weighted by Gasteiger charge is 2.30. The molecule has 1 unspecified atom stereocenters. The number of carbonyl (C=O) groups excluding carboxylic acids is 1. The largest absolute Gasteiger partial charge is 0.481 e. The van der Waals surface area contributed by atoms with E-state index in [2.05, 4.69) is 4.98 Å². The summed E-state index contributed by atoms with van der Waals surface area (Å²) < 4.78 is 0. The van der Waals surface area contributed by atoms with Crippen LogP contribution in [0.1, 0.15) is 23.3 Å². The van der Waals surface area contributed by atoms with Crippen molar-refractivity contribution >= 4 is 35.1 Å². The summed E-state index contributed by atoms with van der Waals surface area (Å²) in [4.78, 5) is 28.4. The molecule has 1 aliphatic heterocycles. The molecular weight excluding hydrogens is 291 g/mol. The van der Waals surface area contributed by atoms with Gasteiger partial charge in [-0.1, -0.05) is 23.2 Å². The summed E-state index contributed by atoms with van der Waals surface area (Å²) in [5.74, 6) is -1.17. The van der Waals surface area contributed by atoms with Crippen LogP contribution in [-0.2, 0) is 4.79 Å². The van der Waals surface area contributed by atoms with E-state index < -0.39 is 5.97 Å². The third kappa shape index (κ3) is 3.36. The van der Waals surface area contributed by atoms with Crippen LogP contribution in [0.25, 0.3) is 0 Å². The Kier molecular flexibility index (Phi) is 4.27. The van der Waals surface area contributed by atoms with Crippen LogP contribution in [-0.4, -0.2) is 40.0 Å². The highest BCUT2D eigenvalue weighted by Crippen LogP contribution is 2.24. The second-order valence-corrected chi connectivity index (χ2v) is 5.26. The Morgan fingerprint density at radius 1 is 1.42 bits per heavy atom. The van der Waals surface area contributed by atoms with Crippen molar-refractivity contribution in [3.05, 3.63) is 28.0 Å². The molecule has 2 heterocycles. The monoisotopic (exact) mass is 302 g/mol. The smallest absolute Gasteiger partial charge is 0.303 e. The van der Waals surface area contributed by atoms with Crippen molar-refractivity contribution in [2.45, 2.75) is 12.8 Å². The summed E-state index contributed by atoms with van der Waals surface area (Å²) in [6, 6.07) is 3.03. The zero-order chi connectivity index (χ0) is 14.0. The van der Waals surface area contributed by atoms with Crippen LogP contribution < -0.4 is 0 Å². The van der Waals surface area contributed by atoms with Crippen LogP contribution in [0.4, 0.5) is 0 Å². The Labute approximate surface area is 120 Å². The molecule has 1 aromatic rings. The molecular formula is C12H12Cl2N2O3. The van der Waals surface area contributed by atoms with Gasteiger partial charge in [-0.2, -0.15) is 0 Å². The van der Waals surface area contributed by atoms with Crippen LogP contribution >= 0.6 is 23.2 Å². The number of carboxylic acid groups (broad SMARTS) is 1. The van der Waals surface area contributed by atoms with Gasteiger partial charge in [-0.25, -0.2) is 4.98 Å². The summed E-state index contributed by atoms with van der Waals surface area (Å²) >= 11 is 11.7. The number of carboxylic acids is 1. The Hall–Kier alpha value is -1.33. The molecule has 2 rings (SSSR count). The fraction of sp³-hybridized carbons (Fsp3) is 0.417. The number of amides is 1. The van der Waals surface area contributed by atoms with Gasteiger partial charge in [0.05, 0.1) is 5.02 Å². The molecule has 1 amide bonds. The highest BCUT2D eigenvalue weighted by atomic mass is 35.5. The summed E-state index contributed by atoms with van der Waals surface area (Å²) in [7, 11) is 0. The number of aromatic nitrogens is 1. The molecule has 0 bridgehead atoms. The van der Waals surface area contributed by atoms with E-state index in [1.807, 2.05) is 0 Å². The first-order valence-electron chi connectivity index (χ1n) is 5.80. The zero-order valence-corrected chi connectivity index (χ0v) is 11.5. The lowest BCUT2D eigenvalue weighted by Crippen LogP contribution is -2.30. The summed E-state index contributed by atoms with van der Waals surface area (Å²) in [6.45, 7) is 0.928. The second-order valence-electron chi connectivity index (χ2n) is 4.47. The maximum Gasteiger partial charge on any atom is 0.303 e. The Bertz CT molecular complexity index is 522. The van der Waals surface area contributed by atoms with Crippen molar-refractivity contribution in [1.29, 1.82) is 0 Å². The van der Waals surface area contributed by atoms with Gasteiger partial charge in [-0.05, 0) is 24.5 Å². The third-order valence-corrected chi connectivity index (χ3v) is 3.57. The van der Waals surface area contributed by atoms with Crippen LogP contribution in [0.5, 0.6) is 0 Å². The first kappa shape index (κ1) is 14.1. The van der Waals surface area contributed by atoms with E-state index in [1.54, 1.807) is 4.90 Å². The Balaban J connectivity index is 2.09. The molecule has 1 fully saturated rings. The van der Waals surface area contributed by atoms with Gasteiger partial charge < -0.3 is 10.0 Å². The minimum Gasteiger partial charge on any atom is -0.481 e. The van der Waals surface area contributed by atoms with E-state index in [9.17, 15) is 9.59 Å². The van der Waals surface area contributed by atoms with Gasteiger partial charge in [0.25, 0.3) is 5.91 Å². The van der Waals surface area contributed by atoms with Gasteiger partial charge in [0, 0.05) is 19.5 Å². The van der Waals surface area contributed by atoms with Crippen molar-refractivity contribution in [2.75, 3.05) is 13.1 Å². The standard InChI is InChI=1S/C12H12Cl2N2O3/c13-8-1-2-9(14)15-11(8)12(19)16-4-3-7(6-16)5-10(17)18/h1-2,7H,3-6H2,(H,17,18). The Morgan fingerprint density at radius 3 is 2.84 bits per heavy atom. The van der Waals surface area contributed by atoms with Crippen molar-refractivity contribution in [1.82, 2.24) is 9.88 Å². The highest BCUT2D eigenvalue weighted by molar-refractivity contribution is 6.34. The van der Waals surface area contributed by atoms with Crippen molar-refractivity contribution < 1.29 is 14.7 Å². The predicted octanol–water partition coefficient (Wildman–Crippen LogP) is 2.33. The minimum absolute atomic E-state index is 0.0144. The van der Waals surface area contributed by atoms with Crippen molar-refractivity contribution in [3.8, 4) is 0 Å². The second kappa shape index (κ2) is 5.75. The predicted molar refractivity (Wildman–Crippen MR) is 70.5 cm³/mol. The molecule has 19 heavy (non-hydrogen) atoms. The number of hydrogen-bond acceptors (Lipinski definition) is 3. The van der Waals surface area contributed by atoms with E-state index in [-0.39, 0.29) is 34.1 Å². The molecule has 7 heteroatoms. The number of carbonyl (C=O) groups is 2. The first-order valence-corrected chi connectivity index (χ1v) is 6.56. The van der Waals surface area contributed by atoms with Gasteiger partial charge in [0.2, 0.25) is 0 Å². The van der Waals surface area contributed by atoms with Crippen LogP contribution in [0.3, 0.4) is 0 Å². The number of halogens is 2. The maximum absolute atomic E-state index is 12.2. The molecule has 1 aromatic heterocycles. The number of aliphatic carboxylic acids is 1. The van der Waals surface area contributed by atoms with Gasteiger partial charge in [-0.3, -0.25) is 9.59 Å².